The fraction of sp³-hybridized carbons (Fsp3) is 0.190. The fourth-order valence-electron chi connectivity index (χ4n) is 2.84. The van der Waals surface area contributed by atoms with Crippen LogP contribution in [-0.4, -0.2) is 32.9 Å². The number of benzene rings is 2. The Bertz CT molecular complexity index is 1010. The number of para-hydroxylation sites is 1. The first-order chi connectivity index (χ1) is 13.9. The minimum Gasteiger partial charge on any atom is -0.369 e. The highest BCUT2D eigenvalue weighted by Gasteiger charge is 2.12. The van der Waals surface area contributed by atoms with E-state index in [0.29, 0.717) is 5.69 Å². The molecule has 0 bridgehead atoms. The second-order valence-corrected chi connectivity index (χ2v) is 8.47. The van der Waals surface area contributed by atoms with Crippen molar-refractivity contribution in [3.05, 3.63) is 66.0 Å². The highest BCUT2D eigenvalue weighted by molar-refractivity contribution is 8.00. The number of thioether (sulfide) groups is 2. The second-order valence-electron chi connectivity index (χ2n) is 6.51. The van der Waals surface area contributed by atoms with Gasteiger partial charge in [-0.25, -0.2) is 4.98 Å². The molecule has 0 spiro atoms. The molecule has 6 nitrogen and oxygen atoms in total. The Labute approximate surface area is 178 Å². The standard InChI is InChI=1S/C21H22N4O2S2/c1-14-9-15(2)11-16(10-14)25-8-7-23-21(25)29-13-20(27)24-17-5-3-4-6-18(17)28-12-19(22)26/h3-11H,12-13H2,1-2H3,(H2,22,26)(H,24,27). The molecule has 0 unspecified atom stereocenters. The van der Waals surface area contributed by atoms with E-state index in [2.05, 4.69) is 42.3 Å². The van der Waals surface area contributed by atoms with Gasteiger partial charge in [-0.3, -0.25) is 14.2 Å². The number of aromatic nitrogens is 2. The lowest BCUT2D eigenvalue weighted by molar-refractivity contribution is -0.115. The van der Waals surface area contributed by atoms with E-state index in [-0.39, 0.29) is 17.4 Å². The van der Waals surface area contributed by atoms with E-state index in [4.69, 9.17) is 5.73 Å². The van der Waals surface area contributed by atoms with E-state index >= 15 is 0 Å². The highest BCUT2D eigenvalue weighted by atomic mass is 32.2. The van der Waals surface area contributed by atoms with Gasteiger partial charge in [0.25, 0.3) is 0 Å². The molecule has 150 valence electrons. The Morgan fingerprint density at radius 3 is 2.52 bits per heavy atom. The average molecular weight is 427 g/mol. The smallest absolute Gasteiger partial charge is 0.234 e. The summed E-state index contributed by atoms with van der Waals surface area (Å²) in [6, 6.07) is 13.6. The average Bonchev–Trinajstić information content (AvgIpc) is 3.13. The van der Waals surface area contributed by atoms with Crippen LogP contribution >= 0.6 is 23.5 Å². The van der Waals surface area contributed by atoms with Crippen molar-refractivity contribution in [1.29, 1.82) is 0 Å². The van der Waals surface area contributed by atoms with E-state index in [0.717, 1.165) is 15.7 Å². The van der Waals surface area contributed by atoms with Gasteiger partial charge in [0.15, 0.2) is 5.16 Å². The molecule has 0 saturated heterocycles. The first-order valence-corrected chi connectivity index (χ1v) is 10.9. The third-order valence-electron chi connectivity index (χ3n) is 3.95. The lowest BCUT2D eigenvalue weighted by Crippen LogP contribution is -2.16. The molecule has 0 aliphatic rings. The van der Waals surface area contributed by atoms with Gasteiger partial charge in [0, 0.05) is 23.0 Å². The first-order valence-electron chi connectivity index (χ1n) is 8.97. The SMILES string of the molecule is Cc1cc(C)cc(-n2ccnc2SCC(=O)Nc2ccccc2SCC(N)=O)c1. The molecule has 0 fully saturated rings. The summed E-state index contributed by atoms with van der Waals surface area (Å²) in [6.45, 7) is 4.11. The molecule has 3 rings (SSSR count). The van der Waals surface area contributed by atoms with Crippen molar-refractivity contribution in [2.75, 3.05) is 16.8 Å². The number of aryl methyl sites for hydroxylation is 2. The summed E-state index contributed by atoms with van der Waals surface area (Å²) in [4.78, 5) is 28.7. The zero-order chi connectivity index (χ0) is 20.8. The van der Waals surface area contributed by atoms with Crippen LogP contribution in [0.1, 0.15) is 11.1 Å². The first kappa shape index (κ1) is 21.0. The van der Waals surface area contributed by atoms with Crippen LogP contribution < -0.4 is 11.1 Å². The summed E-state index contributed by atoms with van der Waals surface area (Å²) >= 11 is 2.67. The minimum atomic E-state index is -0.398. The zero-order valence-electron chi connectivity index (χ0n) is 16.2. The number of imidazole rings is 1. The number of carbonyl (C=O) groups excluding carboxylic acids is 2. The molecule has 8 heteroatoms. The van der Waals surface area contributed by atoms with Crippen LogP contribution in [-0.2, 0) is 9.59 Å². The van der Waals surface area contributed by atoms with Gasteiger partial charge in [0.2, 0.25) is 11.8 Å². The van der Waals surface area contributed by atoms with Crippen LogP contribution in [0.15, 0.2) is 64.9 Å². The van der Waals surface area contributed by atoms with Crippen molar-refractivity contribution in [3.8, 4) is 5.69 Å². The van der Waals surface area contributed by atoms with Gasteiger partial charge < -0.3 is 11.1 Å². The molecule has 0 aliphatic carbocycles. The number of primary amides is 1. The van der Waals surface area contributed by atoms with Crippen molar-refractivity contribution in [3.63, 3.8) is 0 Å². The lowest BCUT2D eigenvalue weighted by atomic mass is 10.1. The maximum absolute atomic E-state index is 12.5. The molecular formula is C21H22N4O2S2. The van der Waals surface area contributed by atoms with E-state index in [1.54, 1.807) is 6.20 Å². The number of anilines is 1. The van der Waals surface area contributed by atoms with E-state index in [9.17, 15) is 9.59 Å². The second kappa shape index (κ2) is 9.67. The predicted octanol–water partition coefficient (Wildman–Crippen LogP) is 3.80. The van der Waals surface area contributed by atoms with Crippen LogP contribution in [0.4, 0.5) is 5.69 Å². The fourth-order valence-corrected chi connectivity index (χ4v) is 4.36. The zero-order valence-corrected chi connectivity index (χ0v) is 17.8. The van der Waals surface area contributed by atoms with Crippen molar-refractivity contribution < 1.29 is 9.59 Å². The van der Waals surface area contributed by atoms with Gasteiger partial charge in [0.05, 0.1) is 17.2 Å². The molecule has 0 saturated carbocycles. The quantitative estimate of drug-likeness (QED) is 0.535. The van der Waals surface area contributed by atoms with Gasteiger partial charge in [-0.1, -0.05) is 30.0 Å². The van der Waals surface area contributed by atoms with Crippen molar-refractivity contribution in [1.82, 2.24) is 9.55 Å². The third-order valence-corrected chi connectivity index (χ3v) is 6.02. The van der Waals surface area contributed by atoms with Crippen molar-refractivity contribution in [2.45, 2.75) is 23.9 Å². The molecule has 1 heterocycles. The molecule has 3 N–H and O–H groups in total. The van der Waals surface area contributed by atoms with E-state index < -0.39 is 5.91 Å². The molecule has 0 radical (unpaired) electrons. The topological polar surface area (TPSA) is 90.0 Å². The Morgan fingerprint density at radius 1 is 1.07 bits per heavy atom. The Balaban J connectivity index is 1.66. The van der Waals surface area contributed by atoms with Crippen LogP contribution in [0.3, 0.4) is 0 Å². The number of nitrogens with zero attached hydrogens (tertiary/aromatic N) is 2. The Morgan fingerprint density at radius 2 is 1.79 bits per heavy atom. The van der Waals surface area contributed by atoms with Gasteiger partial charge >= 0.3 is 0 Å². The Kier molecular flexibility index (Phi) is 7.00. The molecule has 29 heavy (non-hydrogen) atoms. The van der Waals surface area contributed by atoms with Gasteiger partial charge in [-0.05, 0) is 49.2 Å². The molecule has 0 atom stereocenters. The van der Waals surface area contributed by atoms with Crippen molar-refractivity contribution >= 4 is 41.0 Å². The minimum absolute atomic E-state index is 0.142. The van der Waals surface area contributed by atoms with E-state index in [1.807, 2.05) is 35.0 Å². The number of nitrogens with one attached hydrogen (secondary N) is 1. The summed E-state index contributed by atoms with van der Waals surface area (Å²) in [7, 11) is 0. The number of rotatable bonds is 8. The number of nitrogens with two attached hydrogens (primary N) is 1. The summed E-state index contributed by atoms with van der Waals surface area (Å²) in [6.07, 6.45) is 3.62. The maximum atomic E-state index is 12.5. The number of amides is 2. The normalized spacial score (nSPS) is 10.7. The van der Waals surface area contributed by atoms with Crippen LogP contribution in [0.2, 0.25) is 0 Å². The molecule has 1 aromatic heterocycles. The molecule has 2 aromatic carbocycles. The van der Waals surface area contributed by atoms with Crippen LogP contribution in [0.25, 0.3) is 5.69 Å². The van der Waals surface area contributed by atoms with E-state index in [1.165, 1.54) is 34.7 Å². The van der Waals surface area contributed by atoms with Crippen LogP contribution in [0.5, 0.6) is 0 Å². The summed E-state index contributed by atoms with van der Waals surface area (Å²) in [5.74, 6) is -0.159. The number of hydrogen-bond acceptors (Lipinski definition) is 5. The summed E-state index contributed by atoms with van der Waals surface area (Å²) in [5.41, 5.74) is 9.25. The Hall–Kier alpha value is -2.71. The van der Waals surface area contributed by atoms with Crippen molar-refractivity contribution in [2.24, 2.45) is 5.73 Å². The monoisotopic (exact) mass is 426 g/mol. The van der Waals surface area contributed by atoms with Crippen LogP contribution in [0, 0.1) is 13.8 Å². The highest BCUT2D eigenvalue weighted by Crippen LogP contribution is 2.27. The molecule has 0 aliphatic heterocycles. The van der Waals surface area contributed by atoms with Gasteiger partial charge in [-0.2, -0.15) is 0 Å². The summed E-state index contributed by atoms with van der Waals surface area (Å²) < 4.78 is 1.98. The maximum Gasteiger partial charge on any atom is 0.234 e. The number of hydrogen-bond donors (Lipinski definition) is 2. The number of carbonyl (C=O) groups is 2. The third kappa shape index (κ3) is 5.88. The summed E-state index contributed by atoms with van der Waals surface area (Å²) in [5, 5.41) is 3.66. The molecule has 2 amide bonds. The van der Waals surface area contributed by atoms with Gasteiger partial charge in [-0.15, -0.1) is 11.8 Å². The molecular weight excluding hydrogens is 404 g/mol. The predicted molar refractivity (Wildman–Crippen MR) is 119 cm³/mol. The largest absolute Gasteiger partial charge is 0.369 e. The molecule has 3 aromatic rings. The van der Waals surface area contributed by atoms with Gasteiger partial charge in [0.1, 0.15) is 0 Å². The lowest BCUT2D eigenvalue weighted by Gasteiger charge is -2.11.